The van der Waals surface area contributed by atoms with E-state index in [9.17, 15) is 4.79 Å². The third-order valence-corrected chi connectivity index (χ3v) is 5.87. The summed E-state index contributed by atoms with van der Waals surface area (Å²) in [5.74, 6) is 0.0237. The van der Waals surface area contributed by atoms with E-state index in [1.165, 1.54) is 0 Å². The highest BCUT2D eigenvalue weighted by Gasteiger charge is 2.31. The van der Waals surface area contributed by atoms with Gasteiger partial charge < -0.3 is 15.0 Å². The Morgan fingerprint density at radius 2 is 2.04 bits per heavy atom. The summed E-state index contributed by atoms with van der Waals surface area (Å²) in [6, 6.07) is 0.724. The Morgan fingerprint density at radius 3 is 2.74 bits per heavy atom. The molecule has 0 aliphatic carbocycles. The number of aromatic nitrogens is 3. The molecule has 1 atom stereocenters. The standard InChI is InChI=1S/C19H34N6O2/c1-4-16-14-24(11-10-23(16)12-13-27-5-2)19(26)18-15(3)25(22-21-18)17-6-8-20-9-7-17/h16-17,20H,4-14H2,1-3H3. The first-order valence-electron chi connectivity index (χ1n) is 10.4. The highest BCUT2D eigenvalue weighted by molar-refractivity contribution is 5.93. The number of amides is 1. The number of hydrogen-bond acceptors (Lipinski definition) is 6. The molecule has 1 aromatic heterocycles. The van der Waals surface area contributed by atoms with E-state index in [2.05, 4.69) is 27.5 Å². The van der Waals surface area contributed by atoms with Crippen molar-refractivity contribution < 1.29 is 9.53 Å². The first-order chi connectivity index (χ1) is 13.2. The van der Waals surface area contributed by atoms with E-state index in [0.717, 1.165) is 77.4 Å². The van der Waals surface area contributed by atoms with Crippen LogP contribution in [0.25, 0.3) is 0 Å². The number of piperazine rings is 1. The van der Waals surface area contributed by atoms with E-state index in [4.69, 9.17) is 4.74 Å². The largest absolute Gasteiger partial charge is 0.380 e. The topological polar surface area (TPSA) is 75.5 Å². The molecule has 0 aromatic carbocycles. The highest BCUT2D eigenvalue weighted by Crippen LogP contribution is 2.22. The van der Waals surface area contributed by atoms with Gasteiger partial charge in [0.1, 0.15) is 0 Å². The fourth-order valence-electron chi connectivity index (χ4n) is 4.17. The summed E-state index contributed by atoms with van der Waals surface area (Å²) in [5, 5.41) is 12.0. The van der Waals surface area contributed by atoms with Gasteiger partial charge in [0.15, 0.2) is 5.69 Å². The van der Waals surface area contributed by atoms with E-state index < -0.39 is 0 Å². The number of nitrogens with one attached hydrogen (secondary N) is 1. The predicted molar refractivity (Wildman–Crippen MR) is 104 cm³/mol. The molecule has 3 rings (SSSR count). The number of rotatable bonds is 7. The molecule has 1 aromatic rings. The SMILES string of the molecule is CCOCCN1CCN(C(=O)c2nnn(C3CCNCC3)c2C)CC1CC. The number of hydrogen-bond donors (Lipinski definition) is 1. The number of carbonyl (C=O) groups is 1. The first-order valence-corrected chi connectivity index (χ1v) is 10.4. The monoisotopic (exact) mass is 378 g/mol. The highest BCUT2D eigenvalue weighted by atomic mass is 16.5. The molecule has 152 valence electrons. The van der Waals surface area contributed by atoms with Crippen LogP contribution in [0, 0.1) is 6.92 Å². The third kappa shape index (κ3) is 4.67. The second-order valence-corrected chi connectivity index (χ2v) is 7.50. The van der Waals surface area contributed by atoms with Crippen LogP contribution in [-0.4, -0.2) is 89.2 Å². The van der Waals surface area contributed by atoms with Crippen LogP contribution in [0.1, 0.15) is 55.3 Å². The van der Waals surface area contributed by atoms with Gasteiger partial charge in [-0.1, -0.05) is 12.1 Å². The summed E-state index contributed by atoms with van der Waals surface area (Å²) in [5.41, 5.74) is 1.42. The fraction of sp³-hybridized carbons (Fsp3) is 0.842. The molecular formula is C19H34N6O2. The minimum Gasteiger partial charge on any atom is -0.380 e. The zero-order chi connectivity index (χ0) is 19.2. The molecular weight excluding hydrogens is 344 g/mol. The molecule has 1 amide bonds. The van der Waals surface area contributed by atoms with Gasteiger partial charge >= 0.3 is 0 Å². The molecule has 1 N–H and O–H groups in total. The quantitative estimate of drug-likeness (QED) is 0.716. The maximum absolute atomic E-state index is 13.1. The Kier molecular flexibility index (Phi) is 7.20. The average Bonchev–Trinajstić information content (AvgIpc) is 3.09. The molecule has 2 fully saturated rings. The van der Waals surface area contributed by atoms with Gasteiger partial charge in [-0.25, -0.2) is 4.68 Å². The normalized spacial score (nSPS) is 22.3. The van der Waals surface area contributed by atoms with Crippen LogP contribution in [0.2, 0.25) is 0 Å². The summed E-state index contributed by atoms with van der Waals surface area (Å²) >= 11 is 0. The van der Waals surface area contributed by atoms with Crippen LogP contribution >= 0.6 is 0 Å². The van der Waals surface area contributed by atoms with Crippen LogP contribution < -0.4 is 5.32 Å². The maximum atomic E-state index is 13.1. The number of ether oxygens (including phenoxy) is 1. The van der Waals surface area contributed by atoms with Crippen molar-refractivity contribution in [1.82, 2.24) is 30.1 Å². The Bertz CT molecular complexity index is 613. The molecule has 1 unspecified atom stereocenters. The van der Waals surface area contributed by atoms with Gasteiger partial charge in [-0.05, 0) is 46.2 Å². The minimum atomic E-state index is 0.0237. The summed E-state index contributed by atoms with van der Waals surface area (Å²) in [6.07, 6.45) is 3.10. The molecule has 8 heteroatoms. The molecule has 0 bridgehead atoms. The predicted octanol–water partition coefficient (Wildman–Crippen LogP) is 1.08. The summed E-state index contributed by atoms with van der Waals surface area (Å²) in [7, 11) is 0. The zero-order valence-electron chi connectivity index (χ0n) is 17.0. The third-order valence-electron chi connectivity index (χ3n) is 5.87. The van der Waals surface area contributed by atoms with Crippen molar-refractivity contribution in [3.63, 3.8) is 0 Å². The first kappa shape index (κ1) is 20.2. The van der Waals surface area contributed by atoms with Gasteiger partial charge in [-0.15, -0.1) is 5.10 Å². The molecule has 0 radical (unpaired) electrons. The lowest BCUT2D eigenvalue weighted by Gasteiger charge is -2.41. The van der Waals surface area contributed by atoms with Gasteiger partial charge in [0, 0.05) is 38.8 Å². The lowest BCUT2D eigenvalue weighted by atomic mass is 10.1. The molecule has 2 aliphatic heterocycles. The van der Waals surface area contributed by atoms with Crippen molar-refractivity contribution in [3.05, 3.63) is 11.4 Å². The van der Waals surface area contributed by atoms with Crippen LogP contribution in [0.3, 0.4) is 0 Å². The van der Waals surface area contributed by atoms with Crippen molar-refractivity contribution in [1.29, 1.82) is 0 Å². The summed E-state index contributed by atoms with van der Waals surface area (Å²) in [4.78, 5) is 17.5. The van der Waals surface area contributed by atoms with Crippen LogP contribution in [-0.2, 0) is 4.74 Å². The van der Waals surface area contributed by atoms with Crippen LogP contribution in [0.5, 0.6) is 0 Å². The fourth-order valence-corrected chi connectivity index (χ4v) is 4.17. The molecule has 0 spiro atoms. The van der Waals surface area contributed by atoms with Crippen molar-refractivity contribution >= 4 is 5.91 Å². The van der Waals surface area contributed by atoms with E-state index in [0.29, 0.717) is 17.8 Å². The number of carbonyl (C=O) groups excluding carboxylic acids is 1. The smallest absolute Gasteiger partial charge is 0.276 e. The van der Waals surface area contributed by atoms with Crippen molar-refractivity contribution in [2.24, 2.45) is 0 Å². The molecule has 0 saturated carbocycles. The van der Waals surface area contributed by atoms with Gasteiger partial charge in [-0.3, -0.25) is 9.69 Å². The summed E-state index contributed by atoms with van der Waals surface area (Å²) in [6.45, 7) is 13.0. The molecule has 27 heavy (non-hydrogen) atoms. The lowest BCUT2D eigenvalue weighted by Crippen LogP contribution is -2.55. The van der Waals surface area contributed by atoms with Crippen LogP contribution in [0.4, 0.5) is 0 Å². The molecule has 2 saturated heterocycles. The second kappa shape index (κ2) is 9.61. The van der Waals surface area contributed by atoms with E-state index in [1.807, 2.05) is 23.4 Å². The molecule has 8 nitrogen and oxygen atoms in total. The Labute approximate surface area is 162 Å². The zero-order valence-corrected chi connectivity index (χ0v) is 17.0. The van der Waals surface area contributed by atoms with E-state index >= 15 is 0 Å². The molecule has 2 aliphatic rings. The average molecular weight is 379 g/mol. The van der Waals surface area contributed by atoms with Gasteiger partial charge in [0.05, 0.1) is 18.3 Å². The Hall–Kier alpha value is -1.51. The van der Waals surface area contributed by atoms with Crippen LogP contribution in [0.15, 0.2) is 0 Å². The number of nitrogens with zero attached hydrogens (tertiary/aromatic N) is 5. The van der Waals surface area contributed by atoms with Crippen molar-refractivity contribution in [3.8, 4) is 0 Å². The van der Waals surface area contributed by atoms with E-state index in [1.54, 1.807) is 0 Å². The van der Waals surface area contributed by atoms with Crippen molar-refractivity contribution in [2.45, 2.75) is 52.1 Å². The van der Waals surface area contributed by atoms with E-state index in [-0.39, 0.29) is 5.91 Å². The minimum absolute atomic E-state index is 0.0237. The van der Waals surface area contributed by atoms with Gasteiger partial charge in [0.25, 0.3) is 5.91 Å². The summed E-state index contributed by atoms with van der Waals surface area (Å²) < 4.78 is 7.46. The lowest BCUT2D eigenvalue weighted by molar-refractivity contribution is 0.0337. The molecule has 3 heterocycles. The Morgan fingerprint density at radius 1 is 1.26 bits per heavy atom. The second-order valence-electron chi connectivity index (χ2n) is 7.50. The Balaban J connectivity index is 1.63. The van der Waals surface area contributed by atoms with Gasteiger partial charge in [0.2, 0.25) is 0 Å². The number of piperidine rings is 1. The van der Waals surface area contributed by atoms with Gasteiger partial charge in [-0.2, -0.15) is 0 Å². The maximum Gasteiger partial charge on any atom is 0.276 e. The van der Waals surface area contributed by atoms with Crippen molar-refractivity contribution in [2.75, 3.05) is 52.5 Å².